The van der Waals surface area contributed by atoms with Crippen LogP contribution in [0, 0.1) is 0 Å². The Balaban J connectivity index is 2.10. The minimum Gasteiger partial charge on any atom is -0.480 e. The standard InChI is InChI=1S/C15H20N2O3/c1-2-4-13(15(19)20)17-14(18)11-6-7-12-10(9-11)5-3-8-16-12/h6-7,9,13,16H,2-5,8H2,1H3,(H,17,18)(H,19,20)/t13-/m1/s1. The van der Waals surface area contributed by atoms with Gasteiger partial charge in [0.25, 0.3) is 5.91 Å². The lowest BCUT2D eigenvalue weighted by molar-refractivity contribution is -0.139. The molecule has 5 heteroatoms. The van der Waals surface area contributed by atoms with E-state index in [0.717, 1.165) is 30.6 Å². The van der Waals surface area contributed by atoms with E-state index in [1.165, 1.54) is 0 Å². The second-order valence-corrected chi connectivity index (χ2v) is 5.06. The van der Waals surface area contributed by atoms with Gasteiger partial charge in [-0.15, -0.1) is 0 Å². The second kappa shape index (κ2) is 6.41. The first-order valence-corrected chi connectivity index (χ1v) is 7.02. The van der Waals surface area contributed by atoms with Crippen molar-refractivity contribution in [3.63, 3.8) is 0 Å². The molecule has 1 aromatic rings. The van der Waals surface area contributed by atoms with Crippen molar-refractivity contribution in [2.45, 2.75) is 38.6 Å². The Morgan fingerprint density at radius 2 is 2.25 bits per heavy atom. The maximum absolute atomic E-state index is 12.1. The summed E-state index contributed by atoms with van der Waals surface area (Å²) in [6, 6.07) is 4.65. The summed E-state index contributed by atoms with van der Waals surface area (Å²) in [7, 11) is 0. The summed E-state index contributed by atoms with van der Waals surface area (Å²) in [5, 5.41) is 14.9. The largest absolute Gasteiger partial charge is 0.480 e. The predicted molar refractivity (Wildman–Crippen MR) is 77.1 cm³/mol. The van der Waals surface area contributed by atoms with Crippen LogP contribution in [-0.4, -0.2) is 29.6 Å². The number of hydrogen-bond acceptors (Lipinski definition) is 3. The van der Waals surface area contributed by atoms with Gasteiger partial charge < -0.3 is 15.7 Å². The molecule has 1 aromatic carbocycles. The summed E-state index contributed by atoms with van der Waals surface area (Å²) in [6.45, 7) is 2.85. The monoisotopic (exact) mass is 276 g/mol. The van der Waals surface area contributed by atoms with E-state index in [0.29, 0.717) is 18.4 Å². The number of aryl methyl sites for hydroxylation is 1. The van der Waals surface area contributed by atoms with Gasteiger partial charge in [-0.05, 0) is 43.0 Å². The summed E-state index contributed by atoms with van der Waals surface area (Å²) >= 11 is 0. The number of carbonyl (C=O) groups excluding carboxylic acids is 1. The molecule has 5 nitrogen and oxygen atoms in total. The number of anilines is 1. The van der Waals surface area contributed by atoms with Crippen molar-refractivity contribution in [2.75, 3.05) is 11.9 Å². The van der Waals surface area contributed by atoms with Crippen LogP contribution >= 0.6 is 0 Å². The van der Waals surface area contributed by atoms with E-state index < -0.39 is 12.0 Å². The van der Waals surface area contributed by atoms with Gasteiger partial charge in [-0.1, -0.05) is 13.3 Å². The highest BCUT2D eigenvalue weighted by molar-refractivity contribution is 5.97. The number of benzene rings is 1. The summed E-state index contributed by atoms with van der Waals surface area (Å²) in [5.74, 6) is -1.31. The quantitative estimate of drug-likeness (QED) is 0.769. The number of carboxylic acids is 1. The molecule has 0 radical (unpaired) electrons. The Labute approximate surface area is 118 Å². The van der Waals surface area contributed by atoms with E-state index in [-0.39, 0.29) is 5.91 Å². The number of nitrogens with one attached hydrogen (secondary N) is 2. The first-order valence-electron chi connectivity index (χ1n) is 7.02. The molecule has 20 heavy (non-hydrogen) atoms. The molecule has 1 atom stereocenters. The zero-order chi connectivity index (χ0) is 14.5. The van der Waals surface area contributed by atoms with Crippen molar-refractivity contribution in [3.8, 4) is 0 Å². The topological polar surface area (TPSA) is 78.4 Å². The van der Waals surface area contributed by atoms with Crippen LogP contribution in [0.2, 0.25) is 0 Å². The maximum Gasteiger partial charge on any atom is 0.326 e. The number of fused-ring (bicyclic) bond motifs is 1. The lowest BCUT2D eigenvalue weighted by atomic mass is 10.0. The van der Waals surface area contributed by atoms with Crippen LogP contribution in [0.4, 0.5) is 5.69 Å². The smallest absolute Gasteiger partial charge is 0.326 e. The van der Waals surface area contributed by atoms with E-state index in [9.17, 15) is 9.59 Å². The first-order chi connectivity index (χ1) is 9.61. The van der Waals surface area contributed by atoms with E-state index >= 15 is 0 Å². The van der Waals surface area contributed by atoms with Crippen LogP contribution in [-0.2, 0) is 11.2 Å². The molecule has 108 valence electrons. The molecule has 1 aliphatic rings. The molecule has 0 aliphatic carbocycles. The van der Waals surface area contributed by atoms with Crippen LogP contribution in [0.15, 0.2) is 18.2 Å². The third kappa shape index (κ3) is 3.29. The van der Waals surface area contributed by atoms with Crippen molar-refractivity contribution in [1.29, 1.82) is 0 Å². The predicted octanol–water partition coefficient (Wildman–Crippen LogP) is 2.03. The molecule has 1 heterocycles. The Kier molecular flexibility index (Phi) is 4.61. The fourth-order valence-corrected chi connectivity index (χ4v) is 2.40. The molecule has 3 N–H and O–H groups in total. The van der Waals surface area contributed by atoms with Gasteiger partial charge in [-0.25, -0.2) is 4.79 Å². The molecule has 0 fully saturated rings. The molecule has 0 unspecified atom stereocenters. The molecule has 2 rings (SSSR count). The van der Waals surface area contributed by atoms with Crippen LogP contribution in [0.5, 0.6) is 0 Å². The Morgan fingerprint density at radius 1 is 1.45 bits per heavy atom. The zero-order valence-corrected chi connectivity index (χ0v) is 11.6. The van der Waals surface area contributed by atoms with Gasteiger partial charge in [0.1, 0.15) is 6.04 Å². The van der Waals surface area contributed by atoms with Crippen LogP contribution in [0.25, 0.3) is 0 Å². The molecule has 0 saturated carbocycles. The number of aliphatic carboxylic acids is 1. The summed E-state index contributed by atoms with van der Waals surface area (Å²) in [4.78, 5) is 23.2. The molecule has 0 aromatic heterocycles. The van der Waals surface area contributed by atoms with Crippen LogP contribution < -0.4 is 10.6 Å². The van der Waals surface area contributed by atoms with Crippen LogP contribution in [0.3, 0.4) is 0 Å². The van der Waals surface area contributed by atoms with Crippen molar-refractivity contribution in [1.82, 2.24) is 5.32 Å². The maximum atomic E-state index is 12.1. The molecule has 0 saturated heterocycles. The average Bonchev–Trinajstić information content (AvgIpc) is 2.46. The van der Waals surface area contributed by atoms with Gasteiger partial charge in [0.05, 0.1) is 0 Å². The van der Waals surface area contributed by atoms with Gasteiger partial charge in [0, 0.05) is 17.8 Å². The number of carboxylic acid groups (broad SMARTS) is 1. The molecule has 0 bridgehead atoms. The van der Waals surface area contributed by atoms with Gasteiger partial charge >= 0.3 is 5.97 Å². The summed E-state index contributed by atoms with van der Waals surface area (Å²) in [5.41, 5.74) is 2.71. The SMILES string of the molecule is CCC[C@@H](NC(=O)c1ccc2c(c1)CCCN2)C(=O)O. The lowest BCUT2D eigenvalue weighted by Gasteiger charge is -2.19. The highest BCUT2D eigenvalue weighted by atomic mass is 16.4. The van der Waals surface area contributed by atoms with Gasteiger partial charge in [0.15, 0.2) is 0 Å². The third-order valence-corrected chi connectivity index (χ3v) is 3.49. The molecular formula is C15H20N2O3. The Bertz CT molecular complexity index is 514. The Morgan fingerprint density at radius 3 is 2.95 bits per heavy atom. The van der Waals surface area contributed by atoms with Crippen molar-refractivity contribution in [2.24, 2.45) is 0 Å². The fourth-order valence-electron chi connectivity index (χ4n) is 2.40. The molecule has 1 aliphatic heterocycles. The van der Waals surface area contributed by atoms with E-state index in [1.54, 1.807) is 6.07 Å². The van der Waals surface area contributed by atoms with E-state index in [1.807, 2.05) is 19.1 Å². The van der Waals surface area contributed by atoms with Gasteiger partial charge in [0.2, 0.25) is 0 Å². The molecular weight excluding hydrogens is 256 g/mol. The highest BCUT2D eigenvalue weighted by Gasteiger charge is 2.20. The summed E-state index contributed by atoms with van der Waals surface area (Å²) < 4.78 is 0. The zero-order valence-electron chi connectivity index (χ0n) is 11.6. The molecule has 0 spiro atoms. The summed E-state index contributed by atoms with van der Waals surface area (Å²) in [6.07, 6.45) is 3.14. The highest BCUT2D eigenvalue weighted by Crippen LogP contribution is 2.22. The second-order valence-electron chi connectivity index (χ2n) is 5.06. The Hall–Kier alpha value is -2.04. The van der Waals surface area contributed by atoms with Crippen molar-refractivity contribution >= 4 is 17.6 Å². The normalized spacial score (nSPS) is 14.8. The van der Waals surface area contributed by atoms with Gasteiger partial charge in [-0.3, -0.25) is 4.79 Å². The van der Waals surface area contributed by atoms with Crippen molar-refractivity contribution in [3.05, 3.63) is 29.3 Å². The number of rotatable bonds is 5. The first kappa shape index (κ1) is 14.4. The number of amides is 1. The van der Waals surface area contributed by atoms with Crippen LogP contribution in [0.1, 0.15) is 42.1 Å². The number of carbonyl (C=O) groups is 2. The minimum atomic E-state index is -0.986. The van der Waals surface area contributed by atoms with E-state index in [2.05, 4.69) is 10.6 Å². The minimum absolute atomic E-state index is 0.320. The molecule has 1 amide bonds. The van der Waals surface area contributed by atoms with E-state index in [4.69, 9.17) is 5.11 Å². The average molecular weight is 276 g/mol. The van der Waals surface area contributed by atoms with Gasteiger partial charge in [-0.2, -0.15) is 0 Å². The lowest BCUT2D eigenvalue weighted by Crippen LogP contribution is -2.40. The number of hydrogen-bond donors (Lipinski definition) is 3. The third-order valence-electron chi connectivity index (χ3n) is 3.49. The fraction of sp³-hybridized carbons (Fsp3) is 0.467. The van der Waals surface area contributed by atoms with Crippen molar-refractivity contribution < 1.29 is 14.7 Å².